The molecule has 1 heterocycles. The van der Waals surface area contributed by atoms with Crippen molar-refractivity contribution in [1.29, 1.82) is 0 Å². The molecule has 150 valence electrons. The number of methoxy groups -OCH3 is 1. The van der Waals surface area contributed by atoms with Gasteiger partial charge in [-0.3, -0.25) is 4.90 Å². The number of benzene rings is 2. The van der Waals surface area contributed by atoms with Crippen molar-refractivity contribution < 1.29 is 14.3 Å². The van der Waals surface area contributed by atoms with E-state index in [1.165, 1.54) is 5.56 Å². The molecule has 6 heteroatoms. The number of piperazine rings is 1. The van der Waals surface area contributed by atoms with E-state index < -0.39 is 0 Å². The Hall–Kier alpha value is -2.73. The zero-order valence-electron chi connectivity index (χ0n) is 16.7. The van der Waals surface area contributed by atoms with Crippen LogP contribution in [-0.4, -0.2) is 62.3 Å². The maximum atomic E-state index is 12.6. The predicted molar refractivity (Wildman–Crippen MR) is 111 cm³/mol. The van der Waals surface area contributed by atoms with Crippen molar-refractivity contribution in [3.05, 3.63) is 54.1 Å². The summed E-state index contributed by atoms with van der Waals surface area (Å²) in [6, 6.07) is 15.6. The number of carbonyl (C=O) groups is 1. The fourth-order valence-corrected chi connectivity index (χ4v) is 3.41. The second-order valence-electron chi connectivity index (χ2n) is 6.75. The summed E-state index contributed by atoms with van der Waals surface area (Å²) in [7, 11) is 1.71. The van der Waals surface area contributed by atoms with Crippen LogP contribution in [0, 0.1) is 0 Å². The number of nitrogens with one attached hydrogen (secondary N) is 1. The zero-order valence-corrected chi connectivity index (χ0v) is 16.7. The molecular formula is C22H29N3O3. The lowest BCUT2D eigenvalue weighted by atomic mass is 10.1. The van der Waals surface area contributed by atoms with Gasteiger partial charge < -0.3 is 19.7 Å². The van der Waals surface area contributed by atoms with E-state index >= 15 is 0 Å². The molecule has 6 nitrogen and oxygen atoms in total. The van der Waals surface area contributed by atoms with E-state index in [2.05, 4.69) is 16.3 Å². The first-order valence-electron chi connectivity index (χ1n) is 9.83. The van der Waals surface area contributed by atoms with Gasteiger partial charge in [-0.1, -0.05) is 30.3 Å². The molecule has 0 unspecified atom stereocenters. The molecule has 0 saturated carbocycles. The Labute approximate surface area is 167 Å². The van der Waals surface area contributed by atoms with Crippen LogP contribution in [0.3, 0.4) is 0 Å². The average molecular weight is 383 g/mol. The maximum absolute atomic E-state index is 12.6. The van der Waals surface area contributed by atoms with Gasteiger partial charge in [0, 0.05) is 32.7 Å². The number of nitrogens with zero attached hydrogens (tertiary/aromatic N) is 2. The lowest BCUT2D eigenvalue weighted by Gasteiger charge is -2.34. The maximum Gasteiger partial charge on any atom is 0.322 e. The summed E-state index contributed by atoms with van der Waals surface area (Å²) >= 11 is 0. The Morgan fingerprint density at radius 1 is 1.00 bits per heavy atom. The Balaban J connectivity index is 1.48. The minimum atomic E-state index is -0.0727. The third-order valence-electron chi connectivity index (χ3n) is 4.98. The third-order valence-corrected chi connectivity index (χ3v) is 4.98. The van der Waals surface area contributed by atoms with Crippen molar-refractivity contribution in [3.8, 4) is 11.5 Å². The Morgan fingerprint density at radius 2 is 1.68 bits per heavy atom. The summed E-state index contributed by atoms with van der Waals surface area (Å²) in [6.45, 7) is 6.64. The number of anilines is 1. The smallest absolute Gasteiger partial charge is 0.322 e. The molecule has 2 amide bonds. The fraction of sp³-hybridized carbons (Fsp3) is 0.409. The van der Waals surface area contributed by atoms with Crippen LogP contribution in [0.2, 0.25) is 0 Å². The predicted octanol–water partition coefficient (Wildman–Crippen LogP) is 3.49. The quantitative estimate of drug-likeness (QED) is 0.795. The Morgan fingerprint density at radius 3 is 2.39 bits per heavy atom. The molecule has 0 spiro atoms. The first-order chi connectivity index (χ1) is 13.7. The molecule has 0 atom stereocenters. The number of para-hydroxylation sites is 3. The number of rotatable bonds is 7. The van der Waals surface area contributed by atoms with Crippen molar-refractivity contribution >= 4 is 11.7 Å². The minimum absolute atomic E-state index is 0.0727. The molecule has 0 aliphatic carbocycles. The van der Waals surface area contributed by atoms with Gasteiger partial charge in [-0.25, -0.2) is 4.79 Å². The molecule has 1 N–H and O–H groups in total. The molecule has 1 fully saturated rings. The van der Waals surface area contributed by atoms with E-state index in [9.17, 15) is 4.79 Å². The molecule has 1 aliphatic heterocycles. The molecule has 1 saturated heterocycles. The van der Waals surface area contributed by atoms with E-state index in [1.807, 2.05) is 54.3 Å². The first kappa shape index (κ1) is 20.0. The second-order valence-corrected chi connectivity index (χ2v) is 6.75. The van der Waals surface area contributed by atoms with Gasteiger partial charge in [0.15, 0.2) is 0 Å². The second kappa shape index (κ2) is 9.99. The average Bonchev–Trinajstić information content (AvgIpc) is 2.74. The fourth-order valence-electron chi connectivity index (χ4n) is 3.41. The zero-order chi connectivity index (χ0) is 19.8. The van der Waals surface area contributed by atoms with Gasteiger partial charge >= 0.3 is 6.03 Å². The van der Waals surface area contributed by atoms with Crippen LogP contribution in [-0.2, 0) is 6.42 Å². The van der Waals surface area contributed by atoms with E-state index in [0.717, 1.165) is 31.8 Å². The van der Waals surface area contributed by atoms with Gasteiger partial charge in [-0.05, 0) is 37.1 Å². The number of ether oxygens (including phenoxy) is 2. The SMILES string of the molecule is CCOc1ccccc1NC(=O)N1CCN(CCc2ccccc2OC)CC1. The molecular weight excluding hydrogens is 354 g/mol. The van der Waals surface area contributed by atoms with Crippen molar-refractivity contribution in [1.82, 2.24) is 9.80 Å². The topological polar surface area (TPSA) is 54.0 Å². The van der Waals surface area contributed by atoms with Gasteiger partial charge in [0.1, 0.15) is 11.5 Å². The van der Waals surface area contributed by atoms with Crippen LogP contribution in [0.25, 0.3) is 0 Å². The minimum Gasteiger partial charge on any atom is -0.496 e. The molecule has 1 aliphatic rings. The lowest BCUT2D eigenvalue weighted by molar-refractivity contribution is 0.148. The van der Waals surface area contributed by atoms with E-state index in [0.29, 0.717) is 31.1 Å². The number of carbonyl (C=O) groups excluding carboxylic acids is 1. The van der Waals surface area contributed by atoms with Crippen LogP contribution in [0.5, 0.6) is 11.5 Å². The first-order valence-corrected chi connectivity index (χ1v) is 9.83. The van der Waals surface area contributed by atoms with E-state index in [1.54, 1.807) is 7.11 Å². The lowest BCUT2D eigenvalue weighted by Crippen LogP contribution is -2.50. The van der Waals surface area contributed by atoms with Crippen LogP contribution >= 0.6 is 0 Å². The summed E-state index contributed by atoms with van der Waals surface area (Å²) in [5.74, 6) is 1.64. The molecule has 3 rings (SSSR count). The number of urea groups is 1. The van der Waals surface area contributed by atoms with E-state index in [-0.39, 0.29) is 6.03 Å². The van der Waals surface area contributed by atoms with Gasteiger partial charge in [-0.2, -0.15) is 0 Å². The Bertz CT molecular complexity index is 773. The molecule has 28 heavy (non-hydrogen) atoms. The summed E-state index contributed by atoms with van der Waals surface area (Å²) < 4.78 is 11.0. The highest BCUT2D eigenvalue weighted by molar-refractivity contribution is 5.91. The number of amides is 2. The standard InChI is InChI=1S/C22H29N3O3/c1-3-28-21-11-7-5-9-19(21)23-22(26)25-16-14-24(15-17-25)13-12-18-8-4-6-10-20(18)27-2/h4-11H,3,12-17H2,1-2H3,(H,23,26). The number of hydrogen-bond donors (Lipinski definition) is 1. The van der Waals surface area contributed by atoms with E-state index in [4.69, 9.17) is 9.47 Å². The normalized spacial score (nSPS) is 14.6. The van der Waals surface area contributed by atoms with Crippen molar-refractivity contribution in [3.63, 3.8) is 0 Å². The molecule has 0 radical (unpaired) electrons. The van der Waals surface area contributed by atoms with Crippen LogP contribution in [0.1, 0.15) is 12.5 Å². The van der Waals surface area contributed by atoms with Gasteiger partial charge in [-0.15, -0.1) is 0 Å². The van der Waals surface area contributed by atoms with Gasteiger partial charge in [0.05, 0.1) is 19.4 Å². The molecule has 2 aromatic carbocycles. The van der Waals surface area contributed by atoms with Crippen LogP contribution in [0.4, 0.5) is 10.5 Å². The van der Waals surface area contributed by atoms with Crippen molar-refractivity contribution in [2.45, 2.75) is 13.3 Å². The van der Waals surface area contributed by atoms with Gasteiger partial charge in [0.2, 0.25) is 0 Å². The highest BCUT2D eigenvalue weighted by Crippen LogP contribution is 2.24. The molecule has 0 bridgehead atoms. The molecule has 2 aromatic rings. The van der Waals surface area contributed by atoms with Crippen molar-refractivity contribution in [2.24, 2.45) is 0 Å². The van der Waals surface area contributed by atoms with Crippen molar-refractivity contribution in [2.75, 3.05) is 51.8 Å². The van der Waals surface area contributed by atoms with Gasteiger partial charge in [0.25, 0.3) is 0 Å². The molecule has 0 aromatic heterocycles. The monoisotopic (exact) mass is 383 g/mol. The highest BCUT2D eigenvalue weighted by atomic mass is 16.5. The number of hydrogen-bond acceptors (Lipinski definition) is 4. The summed E-state index contributed by atoms with van der Waals surface area (Å²) in [5.41, 5.74) is 1.94. The summed E-state index contributed by atoms with van der Waals surface area (Å²) in [6.07, 6.45) is 0.942. The third kappa shape index (κ3) is 5.16. The summed E-state index contributed by atoms with van der Waals surface area (Å²) in [5, 5.41) is 2.98. The Kier molecular flexibility index (Phi) is 7.14. The van der Waals surface area contributed by atoms with Crippen LogP contribution in [0.15, 0.2) is 48.5 Å². The van der Waals surface area contributed by atoms with Crippen LogP contribution < -0.4 is 14.8 Å². The highest BCUT2D eigenvalue weighted by Gasteiger charge is 2.21. The summed E-state index contributed by atoms with van der Waals surface area (Å²) in [4.78, 5) is 16.9. The largest absolute Gasteiger partial charge is 0.496 e.